The van der Waals surface area contributed by atoms with Crippen LogP contribution in [-0.2, 0) is 14.6 Å². The van der Waals surface area contributed by atoms with E-state index in [0.29, 0.717) is 6.26 Å². The van der Waals surface area contributed by atoms with Crippen molar-refractivity contribution < 1.29 is 36.0 Å². The van der Waals surface area contributed by atoms with Crippen LogP contribution in [0.5, 0.6) is 0 Å². The fourth-order valence-corrected chi connectivity index (χ4v) is 0.250. The largest absolute Gasteiger partial charge is 1.00 e. The maximum absolute atomic E-state index is 9.38. The van der Waals surface area contributed by atoms with Crippen LogP contribution in [0.4, 0.5) is 0 Å². The van der Waals surface area contributed by atoms with Crippen LogP contribution in [0.3, 0.4) is 0 Å². The Morgan fingerprint density at radius 2 is 2.00 bits per heavy atom. The number of hydrogen-bond acceptors (Lipinski definition) is 4. The molecule has 0 heterocycles. The smallest absolute Gasteiger partial charge is 0.716 e. The average molecular weight is 130 g/mol. The van der Waals surface area contributed by atoms with Crippen LogP contribution in [-0.4, -0.2) is 13.0 Å². The maximum Gasteiger partial charge on any atom is 1.00 e. The Hall–Kier alpha value is 0.0474. The normalized spacial score (nSPS) is 9.12. The van der Waals surface area contributed by atoms with Gasteiger partial charge in [0, 0.05) is 0 Å². The van der Waals surface area contributed by atoms with Crippen molar-refractivity contribution in [3.63, 3.8) is 0 Å². The van der Waals surface area contributed by atoms with Gasteiger partial charge >= 0.3 is 18.9 Å². The van der Waals surface area contributed by atoms with Crippen molar-refractivity contribution >= 4 is 10.4 Å². The van der Waals surface area contributed by atoms with Crippen molar-refractivity contribution in [2.75, 3.05) is 0 Å². The molecular formula is C2H3LiO4S. The molecule has 0 spiro atoms. The van der Waals surface area contributed by atoms with Gasteiger partial charge in [-0.2, -0.15) is 0 Å². The molecule has 0 aliphatic rings. The molecular weight excluding hydrogens is 127 g/mol. The summed E-state index contributed by atoms with van der Waals surface area (Å²) in [5.41, 5.74) is 0. The minimum atomic E-state index is -4.54. The second kappa shape index (κ2) is 3.98. The molecule has 0 saturated carbocycles. The fraction of sp³-hybridized carbons (Fsp3) is 0. The van der Waals surface area contributed by atoms with E-state index < -0.39 is 10.4 Å². The number of hydrogen-bond donors (Lipinski definition) is 0. The van der Waals surface area contributed by atoms with Crippen LogP contribution in [0.15, 0.2) is 12.8 Å². The van der Waals surface area contributed by atoms with Crippen molar-refractivity contribution in [2.45, 2.75) is 0 Å². The molecule has 0 aromatic carbocycles. The molecule has 42 valence electrons. The summed E-state index contributed by atoms with van der Waals surface area (Å²) in [6, 6.07) is 0. The topological polar surface area (TPSA) is 66.4 Å². The first-order valence-electron chi connectivity index (χ1n) is 1.31. The molecule has 0 aliphatic heterocycles. The molecule has 0 radical (unpaired) electrons. The maximum atomic E-state index is 9.38. The number of rotatable bonds is 2. The van der Waals surface area contributed by atoms with E-state index in [-0.39, 0.29) is 18.9 Å². The minimum Gasteiger partial charge on any atom is -0.716 e. The first kappa shape index (κ1) is 10.9. The molecule has 0 aromatic heterocycles. The summed E-state index contributed by atoms with van der Waals surface area (Å²) in [5.74, 6) is 0. The molecule has 6 heteroatoms. The van der Waals surface area contributed by atoms with Gasteiger partial charge in [-0.05, 0) is 0 Å². The van der Waals surface area contributed by atoms with Crippen LogP contribution < -0.4 is 18.9 Å². The predicted molar refractivity (Wildman–Crippen MR) is 21.0 cm³/mol. The zero-order chi connectivity index (χ0) is 5.91. The van der Waals surface area contributed by atoms with Gasteiger partial charge < -0.3 is 8.74 Å². The van der Waals surface area contributed by atoms with E-state index in [4.69, 9.17) is 0 Å². The summed E-state index contributed by atoms with van der Waals surface area (Å²) in [5, 5.41) is 0. The van der Waals surface area contributed by atoms with Gasteiger partial charge in [0.1, 0.15) is 0 Å². The summed E-state index contributed by atoms with van der Waals surface area (Å²) in [4.78, 5) is 0. The molecule has 8 heavy (non-hydrogen) atoms. The zero-order valence-electron chi connectivity index (χ0n) is 4.33. The van der Waals surface area contributed by atoms with Gasteiger partial charge in [-0.25, -0.2) is 8.42 Å². The van der Waals surface area contributed by atoms with Gasteiger partial charge in [-0.15, -0.1) is 0 Å². The Kier molecular flexibility index (Phi) is 5.44. The van der Waals surface area contributed by atoms with E-state index in [1.165, 1.54) is 0 Å². The van der Waals surface area contributed by atoms with Crippen molar-refractivity contribution in [1.29, 1.82) is 0 Å². The fourth-order valence-electron chi connectivity index (χ4n) is 0.0833. The molecule has 0 atom stereocenters. The van der Waals surface area contributed by atoms with Crippen LogP contribution in [0.1, 0.15) is 0 Å². The summed E-state index contributed by atoms with van der Waals surface area (Å²) >= 11 is 0. The molecule has 0 saturated heterocycles. The van der Waals surface area contributed by atoms with E-state index in [1.807, 2.05) is 0 Å². The molecule has 4 nitrogen and oxygen atoms in total. The summed E-state index contributed by atoms with van der Waals surface area (Å²) < 4.78 is 31.6. The molecule has 0 N–H and O–H groups in total. The zero-order valence-corrected chi connectivity index (χ0v) is 5.14. The van der Waals surface area contributed by atoms with Crippen molar-refractivity contribution in [2.24, 2.45) is 0 Å². The van der Waals surface area contributed by atoms with E-state index >= 15 is 0 Å². The van der Waals surface area contributed by atoms with Gasteiger partial charge in [-0.3, -0.25) is 0 Å². The van der Waals surface area contributed by atoms with E-state index in [1.54, 1.807) is 0 Å². The van der Waals surface area contributed by atoms with E-state index in [9.17, 15) is 13.0 Å². The molecule has 0 aliphatic carbocycles. The van der Waals surface area contributed by atoms with Crippen LogP contribution >= 0.6 is 0 Å². The quantitative estimate of drug-likeness (QED) is 0.169. The molecule has 0 rings (SSSR count). The molecule has 0 aromatic rings. The van der Waals surface area contributed by atoms with Gasteiger partial charge in [0.25, 0.3) is 10.4 Å². The minimum absolute atomic E-state index is 0. The molecule has 0 fully saturated rings. The third-order valence-electron chi connectivity index (χ3n) is 0.186. The first-order valence-corrected chi connectivity index (χ1v) is 2.64. The third-order valence-corrected chi connectivity index (χ3v) is 0.558. The van der Waals surface area contributed by atoms with Crippen LogP contribution in [0, 0.1) is 0 Å². The predicted octanol–water partition coefficient (Wildman–Crippen LogP) is -3.39. The van der Waals surface area contributed by atoms with Crippen molar-refractivity contribution in [3.05, 3.63) is 12.8 Å². The van der Waals surface area contributed by atoms with Crippen molar-refractivity contribution in [3.8, 4) is 0 Å². The van der Waals surface area contributed by atoms with E-state index in [0.717, 1.165) is 0 Å². The van der Waals surface area contributed by atoms with Crippen LogP contribution in [0.2, 0.25) is 0 Å². The first-order chi connectivity index (χ1) is 3.06. The Labute approximate surface area is 59.7 Å². The second-order valence-corrected chi connectivity index (χ2v) is 1.68. The Morgan fingerprint density at radius 3 is 2.00 bits per heavy atom. The third kappa shape index (κ3) is 9.40. The van der Waals surface area contributed by atoms with Gasteiger partial charge in [0.05, 0.1) is 6.26 Å². The summed E-state index contributed by atoms with van der Waals surface area (Å²) in [6.45, 7) is 2.84. The Bertz CT molecular complexity index is 147. The van der Waals surface area contributed by atoms with Crippen LogP contribution in [0.25, 0.3) is 0 Å². The second-order valence-electron chi connectivity index (χ2n) is 0.671. The molecule has 0 bridgehead atoms. The van der Waals surface area contributed by atoms with Gasteiger partial charge in [-0.1, -0.05) is 6.58 Å². The SMILES string of the molecule is C=COS(=O)(=O)[O-].[Li+]. The average Bonchev–Trinajstić information content (AvgIpc) is 1.30. The Balaban J connectivity index is 0. The molecule has 0 unspecified atom stereocenters. The van der Waals surface area contributed by atoms with Gasteiger partial charge in [0.2, 0.25) is 0 Å². The van der Waals surface area contributed by atoms with E-state index in [2.05, 4.69) is 10.8 Å². The summed E-state index contributed by atoms with van der Waals surface area (Å²) in [6.07, 6.45) is 0.558. The molecule has 0 amide bonds. The standard InChI is InChI=1S/C2H4O4S.Li/c1-2-6-7(3,4)5;/h2H,1H2,(H,3,4,5);/q;+1/p-1. The Morgan fingerprint density at radius 1 is 1.62 bits per heavy atom. The summed E-state index contributed by atoms with van der Waals surface area (Å²) in [7, 11) is -4.54. The van der Waals surface area contributed by atoms with Gasteiger partial charge in [0.15, 0.2) is 0 Å². The van der Waals surface area contributed by atoms with Crippen molar-refractivity contribution in [1.82, 2.24) is 0 Å². The monoisotopic (exact) mass is 130 g/mol.